The first-order valence-electron chi connectivity index (χ1n) is 4.38. The van der Waals surface area contributed by atoms with Crippen LogP contribution in [0.5, 0.6) is 0 Å². The average molecular weight is 193 g/mol. The van der Waals surface area contributed by atoms with Crippen LogP contribution >= 0.6 is 0 Å². The zero-order valence-corrected chi connectivity index (χ0v) is 7.63. The normalized spacial score (nSPS) is 9.79. The molecule has 1 radical (unpaired) electrons. The van der Waals surface area contributed by atoms with Gasteiger partial charge in [-0.2, -0.15) is 0 Å². The van der Waals surface area contributed by atoms with Crippen LogP contribution in [0.2, 0.25) is 0 Å². The van der Waals surface area contributed by atoms with Gasteiger partial charge in [0, 0.05) is 18.4 Å². The van der Waals surface area contributed by atoms with Gasteiger partial charge >= 0.3 is 0 Å². The number of carbonyl (C=O) groups excluding carboxylic acids is 2. The summed E-state index contributed by atoms with van der Waals surface area (Å²) in [6.07, 6.45) is 2.80. The zero-order chi connectivity index (χ0) is 10.4. The molecule has 73 valence electrons. The predicted molar refractivity (Wildman–Crippen MR) is 50.3 cm³/mol. The molecule has 0 amide bonds. The van der Waals surface area contributed by atoms with Gasteiger partial charge in [-0.3, -0.25) is 9.59 Å². The van der Waals surface area contributed by atoms with Gasteiger partial charge < -0.3 is 0 Å². The number of halogens is 1. The quantitative estimate of drug-likeness (QED) is 0.531. The zero-order valence-electron chi connectivity index (χ0n) is 7.63. The summed E-state index contributed by atoms with van der Waals surface area (Å²) in [6, 6.07) is 5.39. The highest BCUT2D eigenvalue weighted by atomic mass is 19.1. The van der Waals surface area contributed by atoms with Gasteiger partial charge in [0.1, 0.15) is 5.82 Å². The van der Waals surface area contributed by atoms with E-state index in [4.69, 9.17) is 0 Å². The number of Topliss-reactive ketones (excluding diaryl/α,β-unsaturated/α-hetero) is 1. The highest BCUT2D eigenvalue weighted by molar-refractivity contribution is 5.96. The van der Waals surface area contributed by atoms with Gasteiger partial charge in [0.2, 0.25) is 0 Å². The smallest absolute Gasteiger partial charge is 0.198 e. The summed E-state index contributed by atoms with van der Waals surface area (Å²) in [7, 11) is 0. The Balaban J connectivity index is 2.52. The monoisotopic (exact) mass is 193 g/mol. The van der Waals surface area contributed by atoms with Crippen LogP contribution in [-0.2, 0) is 4.79 Å². The van der Waals surface area contributed by atoms with Crippen molar-refractivity contribution in [2.24, 2.45) is 0 Å². The van der Waals surface area contributed by atoms with Crippen LogP contribution in [0.25, 0.3) is 0 Å². The summed E-state index contributed by atoms with van der Waals surface area (Å²) in [4.78, 5) is 21.3. The summed E-state index contributed by atoms with van der Waals surface area (Å²) in [5, 5.41) is 0. The minimum atomic E-state index is -0.359. The lowest BCUT2D eigenvalue weighted by Crippen LogP contribution is -1.98. The van der Waals surface area contributed by atoms with Gasteiger partial charge in [-0.1, -0.05) is 0 Å². The lowest BCUT2D eigenvalue weighted by molar-refractivity contribution is 0.0981. The van der Waals surface area contributed by atoms with E-state index in [2.05, 4.69) is 0 Å². The molecule has 0 aliphatic heterocycles. The molecule has 0 heterocycles. The van der Waals surface area contributed by atoms with Crippen molar-refractivity contribution < 1.29 is 14.0 Å². The molecule has 3 heteroatoms. The van der Waals surface area contributed by atoms with E-state index in [1.165, 1.54) is 24.3 Å². The maximum Gasteiger partial charge on any atom is 0.198 e. The third-order valence-corrected chi connectivity index (χ3v) is 1.85. The highest BCUT2D eigenvalue weighted by Crippen LogP contribution is 2.07. The lowest BCUT2D eigenvalue weighted by Gasteiger charge is -1.98. The number of hydrogen-bond donors (Lipinski definition) is 0. The van der Waals surface area contributed by atoms with E-state index in [1.54, 1.807) is 6.29 Å². The van der Waals surface area contributed by atoms with Crippen LogP contribution < -0.4 is 0 Å². The van der Waals surface area contributed by atoms with Gasteiger partial charge in [0.25, 0.3) is 0 Å². The number of hydrogen-bond acceptors (Lipinski definition) is 2. The second-order valence-corrected chi connectivity index (χ2v) is 2.93. The molecular formula is C11H10FO2. The summed E-state index contributed by atoms with van der Waals surface area (Å²) in [5.41, 5.74) is 0.484. The topological polar surface area (TPSA) is 34.1 Å². The van der Waals surface area contributed by atoms with Crippen LogP contribution in [0.15, 0.2) is 24.3 Å². The third kappa shape index (κ3) is 3.09. The van der Waals surface area contributed by atoms with Crippen molar-refractivity contribution in [1.29, 1.82) is 0 Å². The average Bonchev–Trinajstić information content (AvgIpc) is 2.19. The molecule has 14 heavy (non-hydrogen) atoms. The number of benzene rings is 1. The Morgan fingerprint density at radius 2 is 1.93 bits per heavy atom. The second-order valence-electron chi connectivity index (χ2n) is 2.93. The SMILES string of the molecule is O=[C]CCCC(=O)c1ccc(F)cc1. The molecule has 0 atom stereocenters. The van der Waals surface area contributed by atoms with Crippen LogP contribution in [0.3, 0.4) is 0 Å². The molecule has 1 rings (SSSR count). The molecule has 0 aliphatic rings. The summed E-state index contributed by atoms with van der Waals surface area (Å²) >= 11 is 0. The molecule has 0 aromatic heterocycles. The Kier molecular flexibility index (Phi) is 3.98. The fraction of sp³-hybridized carbons (Fsp3) is 0.273. The van der Waals surface area contributed by atoms with E-state index in [-0.39, 0.29) is 18.0 Å². The standard InChI is InChI=1S/C11H10FO2/c12-10-6-4-9(5-7-10)11(14)3-1-2-8-13/h4-7H,1-3H2. The molecule has 1 aromatic rings. The Morgan fingerprint density at radius 3 is 2.50 bits per heavy atom. The summed E-state index contributed by atoms with van der Waals surface area (Å²) < 4.78 is 12.5. The Morgan fingerprint density at radius 1 is 1.29 bits per heavy atom. The first-order valence-corrected chi connectivity index (χ1v) is 4.38. The molecule has 0 aliphatic carbocycles. The fourth-order valence-corrected chi connectivity index (χ4v) is 1.10. The lowest BCUT2D eigenvalue weighted by atomic mass is 10.1. The molecule has 0 saturated carbocycles. The van der Waals surface area contributed by atoms with Gasteiger partial charge in [0.05, 0.1) is 0 Å². The van der Waals surface area contributed by atoms with Gasteiger partial charge in [-0.15, -0.1) is 0 Å². The molecule has 0 N–H and O–H groups in total. The Labute approximate surface area is 81.7 Å². The molecule has 1 aromatic carbocycles. The van der Waals surface area contributed by atoms with E-state index in [1.807, 2.05) is 0 Å². The number of ketones is 1. The van der Waals surface area contributed by atoms with E-state index < -0.39 is 0 Å². The molecular weight excluding hydrogens is 183 g/mol. The van der Waals surface area contributed by atoms with E-state index >= 15 is 0 Å². The Hall–Kier alpha value is -1.51. The van der Waals surface area contributed by atoms with Crippen LogP contribution in [0.1, 0.15) is 29.6 Å². The van der Waals surface area contributed by atoms with Crippen molar-refractivity contribution in [1.82, 2.24) is 0 Å². The van der Waals surface area contributed by atoms with Crippen molar-refractivity contribution >= 4 is 12.1 Å². The third-order valence-electron chi connectivity index (χ3n) is 1.85. The first-order chi connectivity index (χ1) is 6.74. The van der Waals surface area contributed by atoms with Crippen molar-refractivity contribution in [3.8, 4) is 0 Å². The van der Waals surface area contributed by atoms with Gasteiger partial charge in [-0.25, -0.2) is 4.39 Å². The molecule has 0 spiro atoms. The largest absolute Gasteiger partial charge is 0.294 e. The van der Waals surface area contributed by atoms with Crippen molar-refractivity contribution in [3.05, 3.63) is 35.6 Å². The maximum absolute atomic E-state index is 12.5. The van der Waals surface area contributed by atoms with Crippen molar-refractivity contribution in [2.75, 3.05) is 0 Å². The minimum Gasteiger partial charge on any atom is -0.294 e. The molecule has 0 saturated heterocycles. The van der Waals surface area contributed by atoms with Crippen molar-refractivity contribution in [3.63, 3.8) is 0 Å². The van der Waals surface area contributed by atoms with Crippen LogP contribution in [0, 0.1) is 5.82 Å². The second kappa shape index (κ2) is 5.27. The molecule has 2 nitrogen and oxygen atoms in total. The number of rotatable bonds is 5. The number of carbonyl (C=O) groups is 1. The summed E-state index contributed by atoms with van der Waals surface area (Å²) in [6.45, 7) is 0. The van der Waals surface area contributed by atoms with E-state index in [9.17, 15) is 14.0 Å². The molecule has 0 fully saturated rings. The highest BCUT2D eigenvalue weighted by Gasteiger charge is 2.04. The maximum atomic E-state index is 12.5. The minimum absolute atomic E-state index is 0.0692. The predicted octanol–water partition coefficient (Wildman–Crippen LogP) is 2.29. The van der Waals surface area contributed by atoms with Crippen LogP contribution in [0.4, 0.5) is 4.39 Å². The van der Waals surface area contributed by atoms with Gasteiger partial charge in [0.15, 0.2) is 12.1 Å². The van der Waals surface area contributed by atoms with Crippen molar-refractivity contribution in [2.45, 2.75) is 19.3 Å². The fourth-order valence-electron chi connectivity index (χ4n) is 1.10. The number of unbranched alkanes of at least 4 members (excludes halogenated alkanes) is 1. The summed E-state index contributed by atoms with van der Waals surface area (Å²) in [5.74, 6) is -0.428. The Bertz CT molecular complexity index is 317. The molecule has 0 bridgehead atoms. The first kappa shape index (κ1) is 10.6. The van der Waals surface area contributed by atoms with Gasteiger partial charge in [-0.05, 0) is 30.7 Å². The molecule has 0 unspecified atom stereocenters. The van der Waals surface area contributed by atoms with E-state index in [0.717, 1.165) is 0 Å². The van der Waals surface area contributed by atoms with E-state index in [0.29, 0.717) is 18.4 Å². The van der Waals surface area contributed by atoms with Crippen LogP contribution in [-0.4, -0.2) is 12.1 Å².